The quantitative estimate of drug-likeness (QED) is 0.378. The summed E-state index contributed by atoms with van der Waals surface area (Å²) in [4.78, 5) is 36.5. The van der Waals surface area contributed by atoms with Gasteiger partial charge in [-0.3, -0.25) is 14.0 Å². The van der Waals surface area contributed by atoms with Crippen molar-refractivity contribution in [2.24, 2.45) is 5.92 Å². The number of amides is 1. The summed E-state index contributed by atoms with van der Waals surface area (Å²) in [5.74, 6) is 1.24. The maximum atomic E-state index is 12.5. The SMILES string of the molecule is CC(C)C(=O)Oc1cn(CCCN2CCCC2=O)c2nc(C(C)C)n3c4ccccc4nc3c12. The fourth-order valence-corrected chi connectivity index (χ4v) is 4.67. The Labute approximate surface area is 198 Å². The molecule has 1 fully saturated rings. The molecule has 1 saturated heterocycles. The van der Waals surface area contributed by atoms with Gasteiger partial charge in [0.1, 0.15) is 16.9 Å². The highest BCUT2D eigenvalue weighted by molar-refractivity contribution is 6.01. The maximum Gasteiger partial charge on any atom is 0.313 e. The number of esters is 1. The molecule has 3 aromatic heterocycles. The summed E-state index contributed by atoms with van der Waals surface area (Å²) >= 11 is 0. The molecule has 0 unspecified atom stereocenters. The third-order valence-electron chi connectivity index (χ3n) is 6.45. The van der Waals surface area contributed by atoms with Gasteiger partial charge in [0.25, 0.3) is 0 Å². The van der Waals surface area contributed by atoms with Gasteiger partial charge in [-0.25, -0.2) is 9.97 Å². The fourth-order valence-electron chi connectivity index (χ4n) is 4.67. The molecule has 0 N–H and O–H groups in total. The fraction of sp³-hybridized carbons (Fsp3) is 0.462. The summed E-state index contributed by atoms with van der Waals surface area (Å²) in [6, 6.07) is 7.99. The number of hydrogen-bond acceptors (Lipinski definition) is 5. The molecule has 178 valence electrons. The molecule has 1 aromatic carbocycles. The number of fused-ring (bicyclic) bond motifs is 5. The number of para-hydroxylation sites is 2. The van der Waals surface area contributed by atoms with Gasteiger partial charge >= 0.3 is 5.97 Å². The normalized spacial score (nSPS) is 14.5. The average molecular weight is 462 g/mol. The minimum absolute atomic E-state index is 0.164. The van der Waals surface area contributed by atoms with Crippen molar-refractivity contribution in [2.45, 2.75) is 59.4 Å². The summed E-state index contributed by atoms with van der Waals surface area (Å²) in [6.07, 6.45) is 4.25. The van der Waals surface area contributed by atoms with E-state index in [1.807, 2.05) is 53.8 Å². The average Bonchev–Trinajstić information content (AvgIpc) is 3.48. The predicted molar refractivity (Wildman–Crippen MR) is 131 cm³/mol. The standard InChI is InChI=1S/C26H31N5O3/c1-16(2)23-28-24-22(25-27-18-9-5-6-10-19(18)31(23)25)20(34-26(33)17(3)4)15-30(24)14-8-13-29-12-7-11-21(29)32/h5-6,9-10,15-17H,7-8,11-14H2,1-4H3. The Balaban J connectivity index is 1.66. The molecule has 0 saturated carbocycles. The first kappa shape index (κ1) is 22.4. The third-order valence-corrected chi connectivity index (χ3v) is 6.45. The van der Waals surface area contributed by atoms with E-state index in [4.69, 9.17) is 14.7 Å². The van der Waals surface area contributed by atoms with Crippen LogP contribution in [0.1, 0.15) is 58.7 Å². The van der Waals surface area contributed by atoms with E-state index in [1.54, 1.807) is 0 Å². The summed E-state index contributed by atoms with van der Waals surface area (Å²) in [5, 5.41) is 0.742. The second-order valence-electron chi connectivity index (χ2n) is 9.68. The van der Waals surface area contributed by atoms with Crippen molar-refractivity contribution in [1.82, 2.24) is 23.8 Å². The number of aromatic nitrogens is 4. The predicted octanol–water partition coefficient (Wildman–Crippen LogP) is 4.53. The van der Waals surface area contributed by atoms with E-state index in [1.165, 1.54) is 0 Å². The minimum Gasteiger partial charge on any atom is -0.424 e. The molecule has 0 spiro atoms. The molecule has 1 aliphatic heterocycles. The first-order valence-corrected chi connectivity index (χ1v) is 12.1. The van der Waals surface area contributed by atoms with Gasteiger partial charge in [-0.15, -0.1) is 0 Å². The van der Waals surface area contributed by atoms with E-state index in [0.717, 1.165) is 52.9 Å². The second-order valence-corrected chi connectivity index (χ2v) is 9.68. The lowest BCUT2D eigenvalue weighted by molar-refractivity contribution is -0.137. The lowest BCUT2D eigenvalue weighted by Gasteiger charge is -2.16. The third kappa shape index (κ3) is 3.81. The van der Waals surface area contributed by atoms with E-state index in [2.05, 4.69) is 18.2 Å². The summed E-state index contributed by atoms with van der Waals surface area (Å²) in [6.45, 7) is 10.1. The van der Waals surface area contributed by atoms with Crippen LogP contribution in [0.4, 0.5) is 0 Å². The zero-order valence-electron chi connectivity index (χ0n) is 20.2. The Bertz CT molecular complexity index is 1400. The van der Waals surface area contributed by atoms with Crippen molar-refractivity contribution in [3.63, 3.8) is 0 Å². The molecule has 34 heavy (non-hydrogen) atoms. The Hall–Kier alpha value is -3.42. The summed E-state index contributed by atoms with van der Waals surface area (Å²) in [5.41, 5.74) is 3.36. The second kappa shape index (κ2) is 8.74. The zero-order valence-corrected chi connectivity index (χ0v) is 20.2. The van der Waals surface area contributed by atoms with E-state index < -0.39 is 0 Å². The van der Waals surface area contributed by atoms with Crippen molar-refractivity contribution in [3.05, 3.63) is 36.3 Å². The summed E-state index contributed by atoms with van der Waals surface area (Å²) < 4.78 is 9.98. The van der Waals surface area contributed by atoms with Crippen LogP contribution in [0, 0.1) is 5.92 Å². The van der Waals surface area contributed by atoms with Crippen LogP contribution in [0.2, 0.25) is 0 Å². The number of aryl methyl sites for hydroxylation is 1. The zero-order chi connectivity index (χ0) is 24.0. The molecule has 8 nitrogen and oxygen atoms in total. The molecule has 5 rings (SSSR count). The molecule has 0 aliphatic carbocycles. The van der Waals surface area contributed by atoms with Gasteiger partial charge in [0, 0.05) is 38.2 Å². The number of likely N-dealkylation sites (tertiary alicyclic amines) is 1. The molecule has 4 aromatic rings. The Morgan fingerprint density at radius 2 is 1.88 bits per heavy atom. The highest BCUT2D eigenvalue weighted by Crippen LogP contribution is 2.35. The Morgan fingerprint density at radius 1 is 1.09 bits per heavy atom. The molecule has 0 radical (unpaired) electrons. The van der Waals surface area contributed by atoms with Gasteiger partial charge in [-0.2, -0.15) is 0 Å². The van der Waals surface area contributed by atoms with Crippen LogP contribution < -0.4 is 4.74 Å². The van der Waals surface area contributed by atoms with E-state index in [-0.39, 0.29) is 23.7 Å². The smallest absolute Gasteiger partial charge is 0.313 e. The number of rotatable bonds is 7. The largest absolute Gasteiger partial charge is 0.424 e. The topological polar surface area (TPSA) is 81.7 Å². The lowest BCUT2D eigenvalue weighted by Crippen LogP contribution is -2.26. The van der Waals surface area contributed by atoms with Crippen molar-refractivity contribution < 1.29 is 14.3 Å². The molecule has 8 heteroatoms. The molecule has 4 heterocycles. The maximum absolute atomic E-state index is 12.5. The number of imidazole rings is 1. The van der Waals surface area contributed by atoms with E-state index in [0.29, 0.717) is 25.3 Å². The molecule has 1 amide bonds. The number of carbonyl (C=O) groups is 2. The van der Waals surface area contributed by atoms with Crippen LogP contribution in [-0.4, -0.2) is 48.8 Å². The molecular weight excluding hydrogens is 430 g/mol. The minimum atomic E-state index is -0.288. The van der Waals surface area contributed by atoms with Crippen molar-refractivity contribution in [1.29, 1.82) is 0 Å². The van der Waals surface area contributed by atoms with Crippen LogP contribution in [0.15, 0.2) is 30.5 Å². The number of nitrogens with zero attached hydrogens (tertiary/aromatic N) is 5. The van der Waals surface area contributed by atoms with Gasteiger partial charge in [-0.05, 0) is 25.0 Å². The molecule has 1 aliphatic rings. The first-order chi connectivity index (χ1) is 16.3. The number of hydrogen-bond donors (Lipinski definition) is 0. The summed E-state index contributed by atoms with van der Waals surface area (Å²) in [7, 11) is 0. The van der Waals surface area contributed by atoms with Crippen LogP contribution >= 0.6 is 0 Å². The van der Waals surface area contributed by atoms with E-state index in [9.17, 15) is 9.59 Å². The van der Waals surface area contributed by atoms with Gasteiger partial charge in [0.2, 0.25) is 5.91 Å². The first-order valence-electron chi connectivity index (χ1n) is 12.1. The van der Waals surface area contributed by atoms with E-state index >= 15 is 0 Å². The van der Waals surface area contributed by atoms with Gasteiger partial charge in [0.05, 0.1) is 17.0 Å². The number of carbonyl (C=O) groups excluding carboxylic acids is 2. The number of ether oxygens (including phenoxy) is 1. The Kier molecular flexibility index (Phi) is 5.75. The monoisotopic (exact) mass is 461 g/mol. The van der Waals surface area contributed by atoms with Crippen LogP contribution in [0.5, 0.6) is 5.75 Å². The molecule has 0 bridgehead atoms. The van der Waals surface area contributed by atoms with Gasteiger partial charge in [-0.1, -0.05) is 39.8 Å². The highest BCUT2D eigenvalue weighted by Gasteiger charge is 2.24. The van der Waals surface area contributed by atoms with Crippen molar-refractivity contribution in [3.8, 4) is 5.75 Å². The lowest BCUT2D eigenvalue weighted by atomic mass is 10.2. The highest BCUT2D eigenvalue weighted by atomic mass is 16.5. The molecular formula is C26H31N5O3. The van der Waals surface area contributed by atoms with Gasteiger partial charge in [0.15, 0.2) is 11.4 Å². The van der Waals surface area contributed by atoms with Crippen molar-refractivity contribution >= 4 is 39.6 Å². The number of benzene rings is 1. The van der Waals surface area contributed by atoms with Gasteiger partial charge < -0.3 is 14.2 Å². The Morgan fingerprint density at radius 3 is 2.59 bits per heavy atom. The van der Waals surface area contributed by atoms with Crippen LogP contribution in [-0.2, 0) is 16.1 Å². The molecule has 0 atom stereocenters. The van der Waals surface area contributed by atoms with Crippen LogP contribution in [0.3, 0.4) is 0 Å². The van der Waals surface area contributed by atoms with Crippen LogP contribution in [0.25, 0.3) is 27.7 Å². The van der Waals surface area contributed by atoms with Crippen molar-refractivity contribution in [2.75, 3.05) is 13.1 Å².